The van der Waals surface area contributed by atoms with Gasteiger partial charge in [-0.15, -0.1) is 0 Å². The van der Waals surface area contributed by atoms with E-state index in [4.69, 9.17) is 0 Å². The Morgan fingerprint density at radius 3 is 1.52 bits per heavy atom. The molecule has 3 aliphatic rings. The van der Waals surface area contributed by atoms with Gasteiger partial charge in [0.15, 0.2) is 0 Å². The summed E-state index contributed by atoms with van der Waals surface area (Å²) in [6, 6.07) is 18.4. The SMILES string of the molecule is CP1C2=Cc3ccccc3[CH]2[Zr+2][CH]2C(=Cc3ccccc32)P1C.[F-].[F-]. The van der Waals surface area contributed by atoms with Crippen LogP contribution in [-0.2, 0) is 23.2 Å². The van der Waals surface area contributed by atoms with Crippen LogP contribution in [0.2, 0.25) is 0 Å². The predicted molar refractivity (Wildman–Crippen MR) is 100 cm³/mol. The van der Waals surface area contributed by atoms with Crippen molar-refractivity contribution in [2.75, 3.05) is 13.3 Å². The fraction of sp³-hybridized carbons (Fsp3) is 0.200. The Bertz CT molecular complexity index is 806. The Balaban J connectivity index is 0.000000911. The van der Waals surface area contributed by atoms with Gasteiger partial charge in [-0.05, 0) is 0 Å². The number of halogens is 2. The van der Waals surface area contributed by atoms with Crippen molar-refractivity contribution in [3.63, 3.8) is 0 Å². The van der Waals surface area contributed by atoms with E-state index >= 15 is 0 Å². The van der Waals surface area contributed by atoms with E-state index in [0.717, 1.165) is 7.25 Å². The fourth-order valence-electron chi connectivity index (χ4n) is 4.04. The third-order valence-electron chi connectivity index (χ3n) is 5.34. The Morgan fingerprint density at radius 2 is 1.08 bits per heavy atom. The Kier molecular flexibility index (Phi) is 5.61. The smallest absolute Gasteiger partial charge is 1.00 e. The molecule has 0 bridgehead atoms. The second-order valence-corrected chi connectivity index (χ2v) is 16.9. The summed E-state index contributed by atoms with van der Waals surface area (Å²) in [6.45, 7) is 5.11. The molecule has 0 aromatic heterocycles. The van der Waals surface area contributed by atoms with Gasteiger partial charge >= 0.3 is 153 Å². The van der Waals surface area contributed by atoms with E-state index in [1.54, 1.807) is 11.1 Å². The molecule has 2 aromatic carbocycles. The van der Waals surface area contributed by atoms with Crippen LogP contribution < -0.4 is 9.41 Å². The average molecular weight is 450 g/mol. The third-order valence-corrected chi connectivity index (χ3v) is 18.5. The zero-order valence-corrected chi connectivity index (χ0v) is 18.3. The molecule has 5 rings (SSSR count). The number of allylic oxidation sites excluding steroid dienone is 2. The standard InChI is InChI=1S/C20H18P2.2FH.Zr/c1-21(19-11-15-7-3-4-8-16(15)12-19)22(2)20-13-17-9-5-6-10-18(17)14-20;;;/h3-14H,1-2H3;2*1H;/q;;;+2/p-2. The van der Waals surface area contributed by atoms with Crippen LogP contribution in [0.25, 0.3) is 12.2 Å². The first-order chi connectivity index (χ1) is 11.2. The molecule has 4 unspecified atom stereocenters. The van der Waals surface area contributed by atoms with Crippen LogP contribution in [0, 0.1) is 0 Å². The number of fused-ring (bicyclic) bond motifs is 6. The summed E-state index contributed by atoms with van der Waals surface area (Å²) in [4.78, 5) is 0. The normalized spacial score (nSPS) is 27.4. The van der Waals surface area contributed by atoms with Crippen LogP contribution in [0.1, 0.15) is 29.5 Å². The van der Waals surface area contributed by atoms with E-state index < -0.39 is 23.2 Å². The largest absolute Gasteiger partial charge is 1.00 e. The van der Waals surface area contributed by atoms with E-state index in [-0.39, 0.29) is 24.6 Å². The summed E-state index contributed by atoms with van der Waals surface area (Å²) < 4.78 is 1.64. The molecule has 0 saturated carbocycles. The van der Waals surface area contributed by atoms with Gasteiger partial charge in [0, 0.05) is 0 Å². The van der Waals surface area contributed by atoms with Gasteiger partial charge in [-0.25, -0.2) is 0 Å². The van der Waals surface area contributed by atoms with Gasteiger partial charge in [-0.2, -0.15) is 0 Å². The Morgan fingerprint density at radius 1 is 0.680 bits per heavy atom. The van der Waals surface area contributed by atoms with Crippen LogP contribution in [0.3, 0.4) is 0 Å². The Hall–Kier alpha value is -0.477. The molecule has 2 aliphatic carbocycles. The van der Waals surface area contributed by atoms with E-state index in [9.17, 15) is 0 Å². The topological polar surface area (TPSA) is 0 Å². The molecule has 1 heterocycles. The van der Waals surface area contributed by atoms with Crippen LogP contribution in [0.15, 0.2) is 59.2 Å². The monoisotopic (exact) mass is 448 g/mol. The van der Waals surface area contributed by atoms with Crippen molar-refractivity contribution in [2.24, 2.45) is 0 Å². The quantitative estimate of drug-likeness (QED) is 0.512. The summed E-state index contributed by atoms with van der Waals surface area (Å²) >= 11 is -0.594. The number of hydrogen-bond donors (Lipinski definition) is 0. The van der Waals surface area contributed by atoms with Crippen molar-refractivity contribution in [1.82, 2.24) is 0 Å². The molecule has 1 saturated heterocycles. The van der Waals surface area contributed by atoms with E-state index in [1.807, 2.05) is 10.6 Å². The van der Waals surface area contributed by atoms with Crippen molar-refractivity contribution in [3.8, 4) is 0 Å². The molecule has 2 aromatic rings. The molecule has 126 valence electrons. The predicted octanol–water partition coefficient (Wildman–Crippen LogP) is 0.421. The van der Waals surface area contributed by atoms with Gasteiger partial charge in [0.1, 0.15) is 0 Å². The molecule has 0 spiro atoms. The summed E-state index contributed by atoms with van der Waals surface area (Å²) in [5.74, 6) is 0. The summed E-state index contributed by atoms with van der Waals surface area (Å²) in [5, 5.41) is 3.66. The minimum atomic E-state index is -0.594. The van der Waals surface area contributed by atoms with Crippen molar-refractivity contribution < 1.29 is 32.6 Å². The van der Waals surface area contributed by atoms with Crippen LogP contribution in [-0.4, -0.2) is 13.3 Å². The van der Waals surface area contributed by atoms with Crippen LogP contribution in [0.4, 0.5) is 0 Å². The van der Waals surface area contributed by atoms with E-state index in [1.165, 1.54) is 11.1 Å². The number of hydrogen-bond acceptors (Lipinski definition) is 0. The number of rotatable bonds is 0. The van der Waals surface area contributed by atoms with Crippen LogP contribution in [0.5, 0.6) is 0 Å². The van der Waals surface area contributed by atoms with Gasteiger partial charge in [0.25, 0.3) is 0 Å². The zero-order valence-electron chi connectivity index (χ0n) is 14.1. The molecule has 25 heavy (non-hydrogen) atoms. The van der Waals surface area contributed by atoms with Gasteiger partial charge in [0.05, 0.1) is 0 Å². The molecule has 1 aliphatic heterocycles. The Labute approximate surface area is 161 Å². The van der Waals surface area contributed by atoms with Crippen molar-refractivity contribution in [1.29, 1.82) is 0 Å². The number of benzene rings is 2. The maximum Gasteiger partial charge on any atom is -1.00 e. The molecular weight excluding hydrogens is 431 g/mol. The van der Waals surface area contributed by atoms with Gasteiger partial charge in [0.2, 0.25) is 0 Å². The summed E-state index contributed by atoms with van der Waals surface area (Å²) in [6.07, 6.45) is 5.14. The zero-order chi connectivity index (χ0) is 15.6. The molecule has 0 amide bonds. The van der Waals surface area contributed by atoms with Gasteiger partial charge in [-0.1, -0.05) is 0 Å². The van der Waals surface area contributed by atoms with Crippen molar-refractivity contribution >= 4 is 27.4 Å². The molecule has 5 heteroatoms. The maximum absolute atomic E-state index is 2.57. The minimum absolute atomic E-state index is 0. The first kappa shape index (κ1) is 19.3. The molecule has 4 atom stereocenters. The molecule has 0 radical (unpaired) electrons. The van der Waals surface area contributed by atoms with Gasteiger partial charge in [-0.3, -0.25) is 0 Å². The van der Waals surface area contributed by atoms with E-state index in [0.29, 0.717) is 0 Å². The average Bonchev–Trinajstić information content (AvgIpc) is 3.11. The van der Waals surface area contributed by atoms with Crippen molar-refractivity contribution in [3.05, 3.63) is 81.4 Å². The van der Waals surface area contributed by atoms with Crippen molar-refractivity contribution in [2.45, 2.75) is 7.25 Å². The maximum atomic E-state index is 2.57. The van der Waals surface area contributed by atoms with Crippen LogP contribution >= 0.6 is 15.2 Å². The summed E-state index contributed by atoms with van der Waals surface area (Å²) in [5.41, 5.74) is 6.34. The van der Waals surface area contributed by atoms with E-state index in [2.05, 4.69) is 74.0 Å². The molecule has 1 fully saturated rings. The second-order valence-electron chi connectivity index (χ2n) is 6.48. The third kappa shape index (κ3) is 2.88. The first-order valence-corrected chi connectivity index (χ1v) is 15.2. The van der Waals surface area contributed by atoms with Gasteiger partial charge < -0.3 is 9.41 Å². The second kappa shape index (κ2) is 7.27. The minimum Gasteiger partial charge on any atom is -1.00 e. The molecule has 0 N–H and O–H groups in total. The summed E-state index contributed by atoms with van der Waals surface area (Å²) in [7, 11) is -0.000781. The first-order valence-electron chi connectivity index (χ1n) is 8.08. The fourth-order valence-corrected chi connectivity index (χ4v) is 19.1. The molecular formula is C20H18F2P2Zr. The molecule has 0 nitrogen and oxygen atoms in total.